The molecule has 0 aliphatic heterocycles. The lowest BCUT2D eigenvalue weighted by molar-refractivity contribution is -0.122. The Kier molecular flexibility index (Phi) is 6.77. The van der Waals surface area contributed by atoms with Crippen LogP contribution in [0.15, 0.2) is 23.4 Å². The number of carbonyl (C=O) groups excluding carboxylic acids is 1. The summed E-state index contributed by atoms with van der Waals surface area (Å²) in [6.45, 7) is -0.594. The summed E-state index contributed by atoms with van der Waals surface area (Å²) in [4.78, 5) is 14.1. The number of aromatic nitrogens is 1. The average molecular weight is 313 g/mol. The minimum atomic E-state index is -3.75. The molecule has 1 aromatic rings. The first kappa shape index (κ1) is 17.1. The number of hydrogen-bond acceptors (Lipinski definition) is 6. The number of nitrogens with two attached hydrogens (primary N) is 1. The minimum absolute atomic E-state index is 0.0117. The molecule has 0 fully saturated rings. The Balaban J connectivity index is 2.63. The highest BCUT2D eigenvalue weighted by molar-refractivity contribution is 7.89. The molecule has 0 spiro atoms. The van der Waals surface area contributed by atoms with E-state index in [2.05, 4.69) is 21.5 Å². The van der Waals surface area contributed by atoms with Crippen LogP contribution in [0.3, 0.4) is 0 Å². The molecule has 1 rings (SSSR count). The monoisotopic (exact) mass is 313 g/mol. The Labute approximate surface area is 122 Å². The molecule has 1 aromatic heterocycles. The fourth-order valence-corrected chi connectivity index (χ4v) is 2.28. The number of sulfonamides is 1. The van der Waals surface area contributed by atoms with Crippen molar-refractivity contribution in [3.63, 3.8) is 0 Å². The first-order valence-electron chi connectivity index (χ1n) is 5.86. The van der Waals surface area contributed by atoms with E-state index in [1.54, 1.807) is 0 Å². The van der Waals surface area contributed by atoms with Crippen molar-refractivity contribution in [2.75, 3.05) is 26.4 Å². The van der Waals surface area contributed by atoms with Crippen molar-refractivity contribution in [1.82, 2.24) is 9.71 Å². The summed E-state index contributed by atoms with van der Waals surface area (Å²) in [6, 6.07) is 1.34. The number of amides is 1. The van der Waals surface area contributed by atoms with Crippen molar-refractivity contribution in [2.45, 2.75) is 4.90 Å². The molecule has 0 radical (unpaired) electrons. The van der Waals surface area contributed by atoms with E-state index >= 15 is 0 Å². The van der Waals surface area contributed by atoms with Crippen molar-refractivity contribution >= 4 is 15.9 Å². The van der Waals surface area contributed by atoms with Crippen LogP contribution in [0.2, 0.25) is 0 Å². The van der Waals surface area contributed by atoms with E-state index in [-0.39, 0.29) is 31.3 Å². The predicted molar refractivity (Wildman–Crippen MR) is 73.4 cm³/mol. The zero-order chi connectivity index (χ0) is 15.7. The van der Waals surface area contributed by atoms with Crippen LogP contribution in [0.4, 0.5) is 0 Å². The largest absolute Gasteiger partial charge is 0.384 e. The number of rotatable bonds is 7. The van der Waals surface area contributed by atoms with Crippen LogP contribution in [0.1, 0.15) is 5.56 Å². The Bertz CT molecular complexity index is 648. The maximum atomic E-state index is 12.0. The minimum Gasteiger partial charge on any atom is -0.384 e. The second-order valence-corrected chi connectivity index (χ2v) is 5.55. The highest BCUT2D eigenvalue weighted by atomic mass is 32.2. The van der Waals surface area contributed by atoms with Gasteiger partial charge in [0.05, 0.1) is 6.61 Å². The molecule has 0 atom stereocenters. The highest BCUT2D eigenvalue weighted by Crippen LogP contribution is 2.08. The van der Waals surface area contributed by atoms with Crippen LogP contribution in [-0.4, -0.2) is 50.8 Å². The number of pyridine rings is 1. The van der Waals surface area contributed by atoms with Gasteiger partial charge in [0, 0.05) is 24.5 Å². The third-order valence-electron chi connectivity index (χ3n) is 2.12. The Morgan fingerprint density at radius 3 is 2.90 bits per heavy atom. The van der Waals surface area contributed by atoms with Crippen molar-refractivity contribution in [2.24, 2.45) is 5.73 Å². The summed E-state index contributed by atoms with van der Waals surface area (Å²) >= 11 is 0. The van der Waals surface area contributed by atoms with Crippen LogP contribution in [0.5, 0.6) is 0 Å². The number of hydrogen-bond donors (Lipinski definition) is 3. The number of nitrogens with one attached hydrogen (secondary N) is 1. The van der Waals surface area contributed by atoms with E-state index in [0.29, 0.717) is 5.56 Å². The molecule has 0 bridgehead atoms. The van der Waals surface area contributed by atoms with Gasteiger partial charge in [-0.05, 0) is 6.07 Å². The van der Waals surface area contributed by atoms with Gasteiger partial charge in [-0.15, -0.1) is 0 Å². The van der Waals surface area contributed by atoms with E-state index in [0.717, 1.165) is 0 Å². The van der Waals surface area contributed by atoms with Gasteiger partial charge >= 0.3 is 0 Å². The summed E-state index contributed by atoms with van der Waals surface area (Å²) in [5.74, 6) is 4.34. The molecule has 8 nitrogen and oxygen atoms in total. The molecule has 0 saturated heterocycles. The summed E-state index contributed by atoms with van der Waals surface area (Å²) in [5, 5.41) is 8.59. The molecule has 0 aromatic carbocycles. The van der Waals surface area contributed by atoms with Crippen molar-refractivity contribution < 1.29 is 23.1 Å². The molecule has 1 amide bonds. The molecule has 4 N–H and O–H groups in total. The standard InChI is InChI=1S/C12H15N3O5S/c13-12(17)9-20-5-3-15-21(18,19)11-6-10(2-1-4-16)7-14-8-11/h6-8,15-16H,3-5,9H2,(H2,13,17). The SMILES string of the molecule is NC(=O)COCCNS(=O)(=O)c1cncc(C#CCO)c1. The molecule has 9 heteroatoms. The maximum Gasteiger partial charge on any atom is 0.243 e. The number of aliphatic hydroxyl groups excluding tert-OH is 1. The van der Waals surface area contributed by atoms with Crippen molar-refractivity contribution in [1.29, 1.82) is 0 Å². The van der Waals surface area contributed by atoms with Gasteiger partial charge in [0.2, 0.25) is 15.9 Å². The Morgan fingerprint density at radius 2 is 2.24 bits per heavy atom. The number of primary amides is 1. The summed E-state index contributed by atoms with van der Waals surface area (Å²) in [5.41, 5.74) is 5.24. The van der Waals surface area contributed by atoms with E-state index in [1.807, 2.05) is 0 Å². The van der Waals surface area contributed by atoms with Gasteiger partial charge in [-0.3, -0.25) is 9.78 Å². The number of aliphatic hydroxyl groups is 1. The van der Waals surface area contributed by atoms with E-state index in [4.69, 9.17) is 15.6 Å². The number of ether oxygens (including phenoxy) is 1. The van der Waals surface area contributed by atoms with Crippen LogP contribution < -0.4 is 10.5 Å². The van der Waals surface area contributed by atoms with Crippen molar-refractivity contribution in [3.8, 4) is 11.8 Å². The topological polar surface area (TPSA) is 132 Å². The normalized spacial score (nSPS) is 10.7. The second kappa shape index (κ2) is 8.33. The van der Waals surface area contributed by atoms with Crippen LogP contribution in [-0.2, 0) is 19.6 Å². The maximum absolute atomic E-state index is 12.0. The first-order chi connectivity index (χ1) is 9.95. The molecule has 0 saturated carbocycles. The molecule has 114 valence electrons. The van der Waals surface area contributed by atoms with Gasteiger partial charge in [0.25, 0.3) is 0 Å². The van der Waals surface area contributed by atoms with E-state index < -0.39 is 15.9 Å². The zero-order valence-electron chi connectivity index (χ0n) is 11.1. The fourth-order valence-electron chi connectivity index (χ4n) is 1.28. The molecule has 0 aliphatic carbocycles. The lowest BCUT2D eigenvalue weighted by atomic mass is 10.3. The smallest absolute Gasteiger partial charge is 0.243 e. The Morgan fingerprint density at radius 1 is 1.48 bits per heavy atom. The van der Waals surface area contributed by atoms with Crippen LogP contribution in [0, 0.1) is 11.8 Å². The van der Waals surface area contributed by atoms with Gasteiger partial charge in [-0.25, -0.2) is 13.1 Å². The molecule has 0 aliphatic rings. The van der Waals surface area contributed by atoms with Crippen LogP contribution >= 0.6 is 0 Å². The second-order valence-electron chi connectivity index (χ2n) is 3.79. The van der Waals surface area contributed by atoms with Crippen LogP contribution in [0.25, 0.3) is 0 Å². The third-order valence-corrected chi connectivity index (χ3v) is 3.55. The molecular formula is C12H15N3O5S. The van der Waals surface area contributed by atoms with Gasteiger partial charge < -0.3 is 15.6 Å². The molecule has 0 unspecified atom stereocenters. The number of carbonyl (C=O) groups is 1. The lowest BCUT2D eigenvalue weighted by Gasteiger charge is -2.06. The highest BCUT2D eigenvalue weighted by Gasteiger charge is 2.14. The average Bonchev–Trinajstić information content (AvgIpc) is 2.44. The van der Waals surface area contributed by atoms with Gasteiger partial charge in [-0.2, -0.15) is 0 Å². The molecule has 21 heavy (non-hydrogen) atoms. The van der Waals surface area contributed by atoms with E-state index in [9.17, 15) is 13.2 Å². The fraction of sp³-hybridized carbons (Fsp3) is 0.333. The Hall–Kier alpha value is -1.99. The summed E-state index contributed by atoms with van der Waals surface area (Å²) in [6.07, 6.45) is 2.56. The number of nitrogens with zero attached hydrogens (tertiary/aromatic N) is 1. The quantitative estimate of drug-likeness (QED) is 0.402. The molecule has 1 heterocycles. The first-order valence-corrected chi connectivity index (χ1v) is 7.34. The third kappa shape index (κ3) is 6.33. The van der Waals surface area contributed by atoms with Gasteiger partial charge in [0.1, 0.15) is 18.1 Å². The molecular weight excluding hydrogens is 298 g/mol. The predicted octanol–water partition coefficient (Wildman–Crippen LogP) is -1.79. The lowest BCUT2D eigenvalue weighted by Crippen LogP contribution is -2.29. The van der Waals surface area contributed by atoms with Crippen molar-refractivity contribution in [3.05, 3.63) is 24.0 Å². The summed E-state index contributed by atoms with van der Waals surface area (Å²) in [7, 11) is -3.75. The van der Waals surface area contributed by atoms with Gasteiger partial charge in [-0.1, -0.05) is 11.8 Å². The van der Waals surface area contributed by atoms with E-state index in [1.165, 1.54) is 18.5 Å². The van der Waals surface area contributed by atoms with Gasteiger partial charge in [0.15, 0.2) is 0 Å². The summed E-state index contributed by atoms with van der Waals surface area (Å²) < 4.78 is 31.0. The zero-order valence-corrected chi connectivity index (χ0v) is 11.9.